The van der Waals surface area contributed by atoms with E-state index in [2.05, 4.69) is 70.3 Å². The van der Waals surface area contributed by atoms with E-state index in [1.807, 2.05) is 12.1 Å². The summed E-state index contributed by atoms with van der Waals surface area (Å²) in [4.78, 5) is 8.77. The Morgan fingerprint density at radius 3 is 2.52 bits per heavy atom. The molecule has 0 atom stereocenters. The van der Waals surface area contributed by atoms with Gasteiger partial charge in [0.2, 0.25) is 0 Å². The van der Waals surface area contributed by atoms with Gasteiger partial charge < -0.3 is 10.6 Å². The van der Waals surface area contributed by atoms with E-state index >= 15 is 0 Å². The number of nitrogens with zero attached hydrogens (tertiary/aromatic N) is 2. The second-order valence-corrected chi connectivity index (χ2v) is 6.11. The first kappa shape index (κ1) is 15.8. The number of rotatable bonds is 5. The molecule has 2 N–H and O–H groups in total. The highest BCUT2D eigenvalue weighted by molar-refractivity contribution is 9.10. The first-order valence-corrected chi connectivity index (χ1v) is 7.94. The Morgan fingerprint density at radius 1 is 1.19 bits per heavy atom. The predicted molar refractivity (Wildman–Crippen MR) is 92.4 cm³/mol. The van der Waals surface area contributed by atoms with Crippen LogP contribution < -0.4 is 10.6 Å². The molecular weight excluding hydrogens is 328 g/mol. The van der Waals surface area contributed by atoms with Crippen molar-refractivity contribution in [1.29, 1.82) is 0 Å². The molecule has 0 amide bonds. The highest BCUT2D eigenvalue weighted by Crippen LogP contribution is 2.31. The lowest BCUT2D eigenvalue weighted by Crippen LogP contribution is -2.09. The average molecular weight is 349 g/mol. The molecule has 0 saturated carbocycles. The van der Waals surface area contributed by atoms with Gasteiger partial charge in [-0.3, -0.25) is 0 Å². The monoisotopic (exact) mass is 348 g/mol. The van der Waals surface area contributed by atoms with Crippen LogP contribution >= 0.6 is 15.9 Å². The highest BCUT2D eigenvalue weighted by atomic mass is 79.9. The van der Waals surface area contributed by atoms with Crippen LogP contribution in [0.4, 0.5) is 17.3 Å². The standard InChI is InChI=1S/C16H21BrN4/c1-5-18-15-14(10(2)3)16(20-9-19-15)21-12-6-7-13(17)11(4)8-12/h6-10H,5H2,1-4H3,(H2,18,19,20,21). The van der Waals surface area contributed by atoms with Crippen LogP contribution in [0.1, 0.15) is 37.8 Å². The SMILES string of the molecule is CCNc1ncnc(Nc2ccc(Br)c(C)c2)c1C(C)C. The number of hydrogen-bond acceptors (Lipinski definition) is 4. The average Bonchev–Trinajstić information content (AvgIpc) is 2.43. The van der Waals surface area contributed by atoms with Crippen LogP contribution in [0.5, 0.6) is 0 Å². The molecule has 0 aliphatic heterocycles. The van der Waals surface area contributed by atoms with Gasteiger partial charge in [-0.15, -0.1) is 0 Å². The molecule has 0 unspecified atom stereocenters. The summed E-state index contributed by atoms with van der Waals surface area (Å²) in [6.45, 7) is 9.28. The van der Waals surface area contributed by atoms with Crippen molar-refractivity contribution >= 4 is 33.3 Å². The maximum atomic E-state index is 4.42. The van der Waals surface area contributed by atoms with Crippen LogP contribution in [0.25, 0.3) is 0 Å². The molecule has 21 heavy (non-hydrogen) atoms. The van der Waals surface area contributed by atoms with Gasteiger partial charge in [0.25, 0.3) is 0 Å². The minimum absolute atomic E-state index is 0.333. The minimum Gasteiger partial charge on any atom is -0.370 e. The van der Waals surface area contributed by atoms with Crippen LogP contribution in [0, 0.1) is 6.92 Å². The molecule has 1 aromatic carbocycles. The van der Waals surface area contributed by atoms with E-state index in [1.165, 1.54) is 5.56 Å². The van der Waals surface area contributed by atoms with E-state index in [9.17, 15) is 0 Å². The topological polar surface area (TPSA) is 49.8 Å². The van der Waals surface area contributed by atoms with Crippen LogP contribution in [0.2, 0.25) is 0 Å². The predicted octanol–water partition coefficient (Wildman–Crippen LogP) is 4.85. The van der Waals surface area contributed by atoms with E-state index in [0.717, 1.165) is 33.9 Å². The van der Waals surface area contributed by atoms with Crippen molar-refractivity contribution in [2.75, 3.05) is 17.2 Å². The molecule has 1 aromatic heterocycles. The molecule has 0 bridgehead atoms. The number of halogens is 1. The van der Waals surface area contributed by atoms with E-state index in [-0.39, 0.29) is 0 Å². The molecule has 0 spiro atoms. The normalized spacial score (nSPS) is 10.8. The summed E-state index contributed by atoms with van der Waals surface area (Å²) in [5.74, 6) is 2.09. The third-order valence-electron chi connectivity index (χ3n) is 3.23. The minimum atomic E-state index is 0.333. The Labute approximate surface area is 134 Å². The lowest BCUT2D eigenvalue weighted by molar-refractivity contribution is 0.849. The highest BCUT2D eigenvalue weighted by Gasteiger charge is 2.14. The first-order valence-electron chi connectivity index (χ1n) is 7.14. The van der Waals surface area contributed by atoms with Crippen molar-refractivity contribution in [3.05, 3.63) is 40.1 Å². The number of anilines is 3. The Balaban J connectivity index is 2.38. The van der Waals surface area contributed by atoms with Gasteiger partial charge in [-0.25, -0.2) is 9.97 Å². The number of hydrogen-bond donors (Lipinski definition) is 2. The maximum absolute atomic E-state index is 4.42. The quantitative estimate of drug-likeness (QED) is 0.810. The third-order valence-corrected chi connectivity index (χ3v) is 4.12. The fraction of sp³-hybridized carbons (Fsp3) is 0.375. The number of nitrogens with one attached hydrogen (secondary N) is 2. The second-order valence-electron chi connectivity index (χ2n) is 5.26. The molecule has 0 radical (unpaired) electrons. The Morgan fingerprint density at radius 2 is 1.90 bits per heavy atom. The van der Waals surface area contributed by atoms with Gasteiger partial charge in [-0.05, 0) is 43.5 Å². The number of aromatic nitrogens is 2. The van der Waals surface area contributed by atoms with Crippen molar-refractivity contribution in [3.8, 4) is 0 Å². The summed E-state index contributed by atoms with van der Waals surface area (Å²) in [5.41, 5.74) is 3.32. The molecule has 5 heteroatoms. The van der Waals surface area contributed by atoms with Crippen molar-refractivity contribution < 1.29 is 0 Å². The van der Waals surface area contributed by atoms with Crippen molar-refractivity contribution in [3.63, 3.8) is 0 Å². The fourth-order valence-corrected chi connectivity index (χ4v) is 2.46. The molecule has 4 nitrogen and oxygen atoms in total. The summed E-state index contributed by atoms with van der Waals surface area (Å²) in [7, 11) is 0. The lowest BCUT2D eigenvalue weighted by Gasteiger charge is -2.17. The van der Waals surface area contributed by atoms with Gasteiger partial charge in [-0.2, -0.15) is 0 Å². The van der Waals surface area contributed by atoms with Crippen molar-refractivity contribution in [1.82, 2.24) is 9.97 Å². The van der Waals surface area contributed by atoms with Gasteiger partial charge in [0.05, 0.1) is 0 Å². The van der Waals surface area contributed by atoms with Gasteiger partial charge in [0.1, 0.15) is 18.0 Å². The molecule has 0 aliphatic carbocycles. The molecule has 112 valence electrons. The second kappa shape index (κ2) is 6.89. The molecule has 2 aromatic rings. The van der Waals surface area contributed by atoms with Crippen molar-refractivity contribution in [2.24, 2.45) is 0 Å². The summed E-state index contributed by atoms with van der Waals surface area (Å²) in [6, 6.07) is 6.18. The molecule has 1 heterocycles. The zero-order chi connectivity index (χ0) is 15.4. The van der Waals surface area contributed by atoms with Crippen LogP contribution in [0.15, 0.2) is 29.0 Å². The van der Waals surface area contributed by atoms with Gasteiger partial charge in [0.15, 0.2) is 0 Å². The van der Waals surface area contributed by atoms with Crippen LogP contribution in [0.3, 0.4) is 0 Å². The zero-order valence-electron chi connectivity index (χ0n) is 12.9. The molecular formula is C16H21BrN4. The molecule has 0 aliphatic rings. The van der Waals surface area contributed by atoms with Gasteiger partial charge >= 0.3 is 0 Å². The van der Waals surface area contributed by atoms with E-state index in [1.54, 1.807) is 6.33 Å². The largest absolute Gasteiger partial charge is 0.370 e. The van der Waals surface area contributed by atoms with Crippen LogP contribution in [-0.4, -0.2) is 16.5 Å². The fourth-order valence-electron chi connectivity index (χ4n) is 2.21. The Hall–Kier alpha value is -1.62. The lowest BCUT2D eigenvalue weighted by atomic mass is 10.0. The van der Waals surface area contributed by atoms with Gasteiger partial charge in [-0.1, -0.05) is 29.8 Å². The Kier molecular flexibility index (Phi) is 5.17. The summed E-state index contributed by atoms with van der Waals surface area (Å²) in [6.07, 6.45) is 1.60. The van der Waals surface area contributed by atoms with E-state index in [4.69, 9.17) is 0 Å². The molecule has 2 rings (SSSR count). The third kappa shape index (κ3) is 3.73. The maximum Gasteiger partial charge on any atom is 0.139 e. The molecule has 0 fully saturated rings. The zero-order valence-corrected chi connectivity index (χ0v) is 14.5. The van der Waals surface area contributed by atoms with Crippen molar-refractivity contribution in [2.45, 2.75) is 33.6 Å². The van der Waals surface area contributed by atoms with Crippen LogP contribution in [-0.2, 0) is 0 Å². The number of benzene rings is 1. The molecule has 0 saturated heterocycles. The van der Waals surface area contributed by atoms with Gasteiger partial charge in [0, 0.05) is 22.3 Å². The first-order chi connectivity index (χ1) is 10.0. The Bertz CT molecular complexity index is 626. The smallest absolute Gasteiger partial charge is 0.139 e. The number of aryl methyl sites for hydroxylation is 1. The van der Waals surface area contributed by atoms with E-state index < -0.39 is 0 Å². The van der Waals surface area contributed by atoms with E-state index in [0.29, 0.717) is 5.92 Å². The summed E-state index contributed by atoms with van der Waals surface area (Å²) >= 11 is 3.52. The summed E-state index contributed by atoms with van der Waals surface area (Å²) < 4.78 is 1.10. The summed E-state index contributed by atoms with van der Waals surface area (Å²) in [5, 5.41) is 6.71.